The van der Waals surface area contributed by atoms with E-state index in [1.807, 2.05) is 6.08 Å². The summed E-state index contributed by atoms with van der Waals surface area (Å²) in [5.74, 6) is 5.74. The summed E-state index contributed by atoms with van der Waals surface area (Å²) in [4.78, 5) is 0. The van der Waals surface area contributed by atoms with Gasteiger partial charge in [-0.25, -0.2) is 0 Å². The van der Waals surface area contributed by atoms with Crippen LogP contribution in [0.15, 0.2) is 24.9 Å². The Morgan fingerprint density at radius 2 is 2.33 bits per heavy atom. The zero-order chi connectivity index (χ0) is 9.40. The molecule has 1 unspecified atom stereocenters. The molecular formula is C10H20N2. The lowest BCUT2D eigenvalue weighted by atomic mass is 9.97. The first-order chi connectivity index (χ1) is 5.74. The maximum atomic E-state index is 5.22. The van der Waals surface area contributed by atoms with Crippen molar-refractivity contribution in [1.29, 1.82) is 0 Å². The molecule has 0 saturated carbocycles. The van der Waals surface area contributed by atoms with Crippen molar-refractivity contribution in [2.24, 2.45) is 11.8 Å². The number of unbranched alkanes of at least 4 members (excludes halogenated alkanes) is 1. The third kappa shape index (κ3) is 4.97. The molecule has 0 bridgehead atoms. The first kappa shape index (κ1) is 11.2. The summed E-state index contributed by atoms with van der Waals surface area (Å²) in [7, 11) is 0. The number of hydrazine groups is 1. The molecule has 0 aliphatic rings. The van der Waals surface area contributed by atoms with E-state index in [4.69, 9.17) is 5.84 Å². The zero-order valence-electron chi connectivity index (χ0n) is 7.97. The van der Waals surface area contributed by atoms with Crippen LogP contribution in [0, 0.1) is 5.92 Å². The second-order valence-corrected chi connectivity index (χ2v) is 3.09. The topological polar surface area (TPSA) is 38.0 Å². The quantitative estimate of drug-likeness (QED) is 0.348. The van der Waals surface area contributed by atoms with Crippen LogP contribution in [-0.4, -0.2) is 0 Å². The van der Waals surface area contributed by atoms with Gasteiger partial charge in [0.25, 0.3) is 0 Å². The van der Waals surface area contributed by atoms with E-state index in [2.05, 4.69) is 25.5 Å². The fourth-order valence-electron chi connectivity index (χ4n) is 1.14. The summed E-state index contributed by atoms with van der Waals surface area (Å²) >= 11 is 0. The predicted molar refractivity (Wildman–Crippen MR) is 54.3 cm³/mol. The van der Waals surface area contributed by atoms with Crippen LogP contribution in [0.2, 0.25) is 0 Å². The van der Waals surface area contributed by atoms with Crippen LogP contribution in [0.3, 0.4) is 0 Å². The molecule has 0 amide bonds. The van der Waals surface area contributed by atoms with Gasteiger partial charge in [0, 0.05) is 5.70 Å². The van der Waals surface area contributed by atoms with E-state index in [0.717, 1.165) is 12.1 Å². The standard InChI is InChI=1S/C10H20N2/c1-4-6-7-10(5-2)8-9(3)12-11/h5,10,12H,2-4,6-8,11H2,1H3. The van der Waals surface area contributed by atoms with Gasteiger partial charge < -0.3 is 5.43 Å². The van der Waals surface area contributed by atoms with Gasteiger partial charge in [-0.05, 0) is 18.8 Å². The van der Waals surface area contributed by atoms with E-state index in [9.17, 15) is 0 Å². The van der Waals surface area contributed by atoms with Gasteiger partial charge in [0.2, 0.25) is 0 Å². The lowest BCUT2D eigenvalue weighted by Gasteiger charge is -2.12. The van der Waals surface area contributed by atoms with E-state index in [0.29, 0.717) is 5.92 Å². The number of hydrogen-bond donors (Lipinski definition) is 2. The second-order valence-electron chi connectivity index (χ2n) is 3.09. The molecule has 0 aliphatic carbocycles. The minimum Gasteiger partial charge on any atom is -0.329 e. The second kappa shape index (κ2) is 6.92. The molecule has 0 rings (SSSR count). The van der Waals surface area contributed by atoms with Crippen LogP contribution in [0.25, 0.3) is 0 Å². The Hall–Kier alpha value is -0.760. The number of hydrogen-bond acceptors (Lipinski definition) is 2. The first-order valence-corrected chi connectivity index (χ1v) is 4.51. The molecule has 2 nitrogen and oxygen atoms in total. The van der Waals surface area contributed by atoms with Crippen molar-refractivity contribution in [3.8, 4) is 0 Å². The Kier molecular flexibility index (Phi) is 6.48. The third-order valence-electron chi connectivity index (χ3n) is 1.97. The van der Waals surface area contributed by atoms with Crippen molar-refractivity contribution in [1.82, 2.24) is 5.43 Å². The van der Waals surface area contributed by atoms with E-state index >= 15 is 0 Å². The van der Waals surface area contributed by atoms with E-state index in [1.165, 1.54) is 19.3 Å². The molecule has 0 aliphatic heterocycles. The number of rotatable bonds is 7. The van der Waals surface area contributed by atoms with Crippen molar-refractivity contribution < 1.29 is 0 Å². The number of allylic oxidation sites excluding steroid dienone is 2. The molecule has 3 N–H and O–H groups in total. The minimum absolute atomic E-state index is 0.522. The van der Waals surface area contributed by atoms with Gasteiger partial charge in [0.05, 0.1) is 0 Å². The summed E-state index contributed by atoms with van der Waals surface area (Å²) in [5, 5.41) is 0. The molecule has 0 aromatic carbocycles. The van der Waals surface area contributed by atoms with E-state index < -0.39 is 0 Å². The molecule has 0 radical (unpaired) electrons. The Morgan fingerprint density at radius 1 is 1.67 bits per heavy atom. The molecule has 0 aromatic rings. The average molecular weight is 168 g/mol. The summed E-state index contributed by atoms with van der Waals surface area (Å²) < 4.78 is 0. The maximum absolute atomic E-state index is 5.22. The van der Waals surface area contributed by atoms with Crippen molar-refractivity contribution in [3.63, 3.8) is 0 Å². The highest BCUT2D eigenvalue weighted by atomic mass is 15.2. The summed E-state index contributed by atoms with van der Waals surface area (Å²) in [6.45, 7) is 9.77. The molecule has 1 atom stereocenters. The van der Waals surface area contributed by atoms with Gasteiger partial charge in [-0.2, -0.15) is 0 Å². The van der Waals surface area contributed by atoms with Crippen LogP contribution in [0.1, 0.15) is 32.6 Å². The molecule has 2 heteroatoms. The van der Waals surface area contributed by atoms with Crippen molar-refractivity contribution in [3.05, 3.63) is 24.9 Å². The molecule has 70 valence electrons. The normalized spacial score (nSPS) is 12.2. The van der Waals surface area contributed by atoms with Crippen molar-refractivity contribution >= 4 is 0 Å². The predicted octanol–water partition coefficient (Wildman–Crippen LogP) is 2.35. The highest BCUT2D eigenvalue weighted by molar-refractivity contribution is 4.95. The molecule has 12 heavy (non-hydrogen) atoms. The van der Waals surface area contributed by atoms with Gasteiger partial charge in [0.1, 0.15) is 0 Å². The van der Waals surface area contributed by atoms with Gasteiger partial charge in [-0.15, -0.1) is 6.58 Å². The van der Waals surface area contributed by atoms with Crippen LogP contribution in [0.5, 0.6) is 0 Å². The lowest BCUT2D eigenvalue weighted by molar-refractivity contribution is 0.537. The monoisotopic (exact) mass is 168 g/mol. The Morgan fingerprint density at radius 3 is 2.75 bits per heavy atom. The van der Waals surface area contributed by atoms with Gasteiger partial charge in [-0.3, -0.25) is 5.84 Å². The van der Waals surface area contributed by atoms with Crippen molar-refractivity contribution in [2.75, 3.05) is 0 Å². The zero-order valence-corrected chi connectivity index (χ0v) is 7.97. The molecule has 0 heterocycles. The van der Waals surface area contributed by atoms with Crippen LogP contribution >= 0.6 is 0 Å². The maximum Gasteiger partial charge on any atom is 0.0193 e. The average Bonchev–Trinajstić information content (AvgIpc) is 2.11. The molecule has 0 spiro atoms. The van der Waals surface area contributed by atoms with Gasteiger partial charge >= 0.3 is 0 Å². The minimum atomic E-state index is 0.522. The molecule has 0 fully saturated rings. The fraction of sp³-hybridized carbons (Fsp3) is 0.600. The molecule has 0 aromatic heterocycles. The summed E-state index contributed by atoms with van der Waals surface area (Å²) in [6, 6.07) is 0. The lowest BCUT2D eigenvalue weighted by Crippen LogP contribution is -2.21. The van der Waals surface area contributed by atoms with E-state index in [1.54, 1.807) is 0 Å². The Labute approximate surface area is 75.5 Å². The van der Waals surface area contributed by atoms with Crippen LogP contribution in [-0.2, 0) is 0 Å². The molecular weight excluding hydrogens is 148 g/mol. The van der Waals surface area contributed by atoms with E-state index in [-0.39, 0.29) is 0 Å². The largest absolute Gasteiger partial charge is 0.329 e. The first-order valence-electron chi connectivity index (χ1n) is 4.51. The van der Waals surface area contributed by atoms with Crippen LogP contribution in [0.4, 0.5) is 0 Å². The highest BCUT2D eigenvalue weighted by Crippen LogP contribution is 2.16. The van der Waals surface area contributed by atoms with Crippen LogP contribution < -0.4 is 11.3 Å². The third-order valence-corrected chi connectivity index (χ3v) is 1.97. The summed E-state index contributed by atoms with van der Waals surface area (Å²) in [6.07, 6.45) is 6.54. The number of nitrogens with two attached hydrogens (primary N) is 1. The Balaban J connectivity index is 3.66. The number of nitrogens with one attached hydrogen (secondary N) is 1. The summed E-state index contributed by atoms with van der Waals surface area (Å²) in [5.41, 5.74) is 3.45. The SMILES string of the molecule is C=CC(CCCC)CC(=C)NN. The Bertz CT molecular complexity index is 141. The van der Waals surface area contributed by atoms with Gasteiger partial charge in [0.15, 0.2) is 0 Å². The van der Waals surface area contributed by atoms with Crippen molar-refractivity contribution in [2.45, 2.75) is 32.6 Å². The van der Waals surface area contributed by atoms with Gasteiger partial charge in [-0.1, -0.05) is 32.4 Å². The smallest absolute Gasteiger partial charge is 0.0193 e. The molecule has 0 saturated heterocycles. The fourth-order valence-corrected chi connectivity index (χ4v) is 1.14. The highest BCUT2D eigenvalue weighted by Gasteiger charge is 2.04.